The van der Waals surface area contributed by atoms with Gasteiger partial charge in [0.2, 0.25) is 0 Å². The molecule has 0 aromatic heterocycles. The molecule has 4 rings (SSSR count). The topological polar surface area (TPSA) is 44.8 Å². The predicted octanol–water partition coefficient (Wildman–Crippen LogP) is 3.36. The fourth-order valence-corrected chi connectivity index (χ4v) is 4.41. The standard InChI is InChI=1S/C19H20O4/c1-21-17-13-7-6-12(19(20)23-3)9-14(13)18(22-2)16-11-5-4-10(8-11)15(16)17/h4-7,9-11,17-18H,8H2,1-3H3. The maximum absolute atomic E-state index is 11.9. The molecular formula is C19H20O4. The lowest BCUT2D eigenvalue weighted by Crippen LogP contribution is -2.24. The van der Waals surface area contributed by atoms with Gasteiger partial charge in [-0.05, 0) is 40.8 Å². The molecule has 0 heterocycles. The third-order valence-electron chi connectivity index (χ3n) is 5.33. The summed E-state index contributed by atoms with van der Waals surface area (Å²) in [5.74, 6) is 0.544. The second kappa shape index (κ2) is 5.32. The maximum atomic E-state index is 11.9. The number of benzene rings is 1. The Morgan fingerprint density at radius 2 is 1.57 bits per heavy atom. The normalized spacial score (nSPS) is 30.4. The summed E-state index contributed by atoms with van der Waals surface area (Å²) in [5.41, 5.74) is 5.33. The van der Waals surface area contributed by atoms with Gasteiger partial charge in [-0.15, -0.1) is 0 Å². The molecule has 4 nitrogen and oxygen atoms in total. The van der Waals surface area contributed by atoms with Crippen LogP contribution in [0.25, 0.3) is 0 Å². The molecule has 3 aliphatic carbocycles. The van der Waals surface area contributed by atoms with Crippen molar-refractivity contribution in [2.75, 3.05) is 21.3 Å². The average Bonchev–Trinajstić information content (AvgIpc) is 3.20. The van der Waals surface area contributed by atoms with Crippen LogP contribution >= 0.6 is 0 Å². The zero-order valence-electron chi connectivity index (χ0n) is 13.5. The van der Waals surface area contributed by atoms with Gasteiger partial charge in [-0.1, -0.05) is 18.2 Å². The van der Waals surface area contributed by atoms with Gasteiger partial charge in [0.05, 0.1) is 12.7 Å². The van der Waals surface area contributed by atoms with E-state index in [1.54, 1.807) is 20.3 Å². The van der Waals surface area contributed by atoms with Crippen LogP contribution in [-0.4, -0.2) is 27.3 Å². The number of rotatable bonds is 3. The second-order valence-electron chi connectivity index (χ2n) is 6.31. The monoisotopic (exact) mass is 312 g/mol. The molecule has 4 unspecified atom stereocenters. The first kappa shape index (κ1) is 14.7. The highest BCUT2D eigenvalue weighted by Crippen LogP contribution is 2.57. The Hall–Kier alpha value is -1.91. The first-order chi connectivity index (χ1) is 11.2. The summed E-state index contributed by atoms with van der Waals surface area (Å²) >= 11 is 0. The number of hydrogen-bond donors (Lipinski definition) is 0. The van der Waals surface area contributed by atoms with Gasteiger partial charge < -0.3 is 14.2 Å². The summed E-state index contributed by atoms with van der Waals surface area (Å²) in [5, 5.41) is 0. The number of methoxy groups -OCH3 is 3. The van der Waals surface area contributed by atoms with E-state index in [-0.39, 0.29) is 18.2 Å². The highest BCUT2D eigenvalue weighted by molar-refractivity contribution is 5.89. The third kappa shape index (κ3) is 1.95. The Labute approximate surface area is 135 Å². The Balaban J connectivity index is 1.87. The highest BCUT2D eigenvalue weighted by Gasteiger charge is 2.46. The van der Waals surface area contributed by atoms with Crippen LogP contribution in [0.4, 0.5) is 0 Å². The molecule has 4 atom stereocenters. The van der Waals surface area contributed by atoms with Gasteiger partial charge >= 0.3 is 5.97 Å². The Bertz CT molecular complexity index is 731. The number of esters is 1. The van der Waals surface area contributed by atoms with Gasteiger partial charge in [-0.2, -0.15) is 0 Å². The van der Waals surface area contributed by atoms with Gasteiger partial charge in [0.1, 0.15) is 12.2 Å². The van der Waals surface area contributed by atoms with Crippen molar-refractivity contribution < 1.29 is 19.0 Å². The number of carbonyl (C=O) groups is 1. The Morgan fingerprint density at radius 1 is 0.957 bits per heavy atom. The molecule has 0 aliphatic heterocycles. The summed E-state index contributed by atoms with van der Waals surface area (Å²) in [7, 11) is 4.87. The molecule has 120 valence electrons. The van der Waals surface area contributed by atoms with Crippen molar-refractivity contribution in [3.63, 3.8) is 0 Å². The van der Waals surface area contributed by atoms with Crippen LogP contribution in [-0.2, 0) is 14.2 Å². The van der Waals surface area contributed by atoms with E-state index in [0.29, 0.717) is 17.4 Å². The number of allylic oxidation sites excluding steroid dienone is 2. The molecule has 3 aliphatic rings. The van der Waals surface area contributed by atoms with Crippen LogP contribution in [0.5, 0.6) is 0 Å². The zero-order chi connectivity index (χ0) is 16.1. The van der Waals surface area contributed by atoms with E-state index in [0.717, 1.165) is 17.5 Å². The first-order valence-corrected chi connectivity index (χ1v) is 7.89. The summed E-state index contributed by atoms with van der Waals surface area (Å²) in [4.78, 5) is 11.9. The third-order valence-corrected chi connectivity index (χ3v) is 5.33. The van der Waals surface area contributed by atoms with E-state index in [4.69, 9.17) is 14.2 Å². The van der Waals surface area contributed by atoms with Crippen molar-refractivity contribution in [1.82, 2.24) is 0 Å². The van der Waals surface area contributed by atoms with E-state index < -0.39 is 0 Å². The molecule has 0 amide bonds. The molecule has 0 fully saturated rings. The van der Waals surface area contributed by atoms with E-state index in [2.05, 4.69) is 12.2 Å². The van der Waals surface area contributed by atoms with Crippen LogP contribution in [0.1, 0.15) is 40.1 Å². The number of carbonyl (C=O) groups excluding carboxylic acids is 1. The Kier molecular flexibility index (Phi) is 3.39. The molecule has 0 N–H and O–H groups in total. The lowest BCUT2D eigenvalue weighted by molar-refractivity contribution is 0.0599. The lowest BCUT2D eigenvalue weighted by Gasteiger charge is -2.36. The summed E-state index contributed by atoms with van der Waals surface area (Å²) in [6.45, 7) is 0. The molecule has 23 heavy (non-hydrogen) atoms. The van der Waals surface area contributed by atoms with Gasteiger partial charge in [-0.25, -0.2) is 4.79 Å². The van der Waals surface area contributed by atoms with E-state index >= 15 is 0 Å². The van der Waals surface area contributed by atoms with E-state index in [9.17, 15) is 4.79 Å². The zero-order valence-corrected chi connectivity index (χ0v) is 13.5. The van der Waals surface area contributed by atoms with Crippen molar-refractivity contribution in [3.8, 4) is 0 Å². The smallest absolute Gasteiger partial charge is 0.337 e. The molecule has 4 heteroatoms. The maximum Gasteiger partial charge on any atom is 0.337 e. The van der Waals surface area contributed by atoms with E-state index in [1.807, 2.05) is 12.1 Å². The molecule has 0 spiro atoms. The largest absolute Gasteiger partial charge is 0.465 e. The Morgan fingerprint density at radius 3 is 2.13 bits per heavy atom. The molecule has 2 bridgehead atoms. The van der Waals surface area contributed by atoms with Gasteiger partial charge in [0.15, 0.2) is 0 Å². The van der Waals surface area contributed by atoms with Gasteiger partial charge in [0, 0.05) is 26.1 Å². The van der Waals surface area contributed by atoms with Crippen LogP contribution in [0, 0.1) is 11.8 Å². The van der Waals surface area contributed by atoms with Crippen LogP contribution in [0.2, 0.25) is 0 Å². The van der Waals surface area contributed by atoms with Crippen molar-refractivity contribution in [3.05, 3.63) is 58.2 Å². The molecule has 0 radical (unpaired) electrons. The van der Waals surface area contributed by atoms with E-state index in [1.165, 1.54) is 18.3 Å². The van der Waals surface area contributed by atoms with Crippen molar-refractivity contribution in [2.45, 2.75) is 18.6 Å². The molecule has 0 saturated heterocycles. The number of fused-ring (bicyclic) bond motifs is 5. The van der Waals surface area contributed by atoms with Gasteiger partial charge in [0.25, 0.3) is 0 Å². The quantitative estimate of drug-likeness (QED) is 0.634. The number of hydrogen-bond acceptors (Lipinski definition) is 4. The fourth-order valence-electron chi connectivity index (χ4n) is 4.41. The minimum absolute atomic E-state index is 0.0574. The first-order valence-electron chi connectivity index (χ1n) is 7.89. The molecule has 0 saturated carbocycles. The SMILES string of the molecule is COC(=O)c1ccc2c(c1)C(OC)C1=C(C3C=CC1C3)C2OC. The second-order valence-corrected chi connectivity index (χ2v) is 6.31. The molecular weight excluding hydrogens is 292 g/mol. The van der Waals surface area contributed by atoms with Crippen molar-refractivity contribution in [2.24, 2.45) is 11.8 Å². The summed E-state index contributed by atoms with van der Waals surface area (Å²) < 4.78 is 16.5. The van der Waals surface area contributed by atoms with Gasteiger partial charge in [-0.3, -0.25) is 0 Å². The summed E-state index contributed by atoms with van der Waals surface area (Å²) in [6, 6.07) is 5.67. The lowest BCUT2D eigenvalue weighted by atomic mass is 9.77. The van der Waals surface area contributed by atoms with Crippen molar-refractivity contribution in [1.29, 1.82) is 0 Å². The summed E-state index contributed by atoms with van der Waals surface area (Å²) in [6.07, 6.45) is 5.50. The number of ether oxygens (including phenoxy) is 3. The predicted molar refractivity (Wildman–Crippen MR) is 85.0 cm³/mol. The highest BCUT2D eigenvalue weighted by atomic mass is 16.5. The fraction of sp³-hybridized carbons (Fsp3) is 0.421. The van der Waals surface area contributed by atoms with Crippen LogP contribution in [0.3, 0.4) is 0 Å². The average molecular weight is 312 g/mol. The van der Waals surface area contributed by atoms with Crippen molar-refractivity contribution >= 4 is 5.97 Å². The van der Waals surface area contributed by atoms with Crippen LogP contribution in [0.15, 0.2) is 41.5 Å². The minimum atomic E-state index is -0.329. The molecule has 1 aromatic rings. The minimum Gasteiger partial charge on any atom is -0.465 e. The molecule has 1 aromatic carbocycles. The van der Waals surface area contributed by atoms with Crippen LogP contribution < -0.4 is 0 Å².